The summed E-state index contributed by atoms with van der Waals surface area (Å²) in [4.78, 5) is 17.0. The van der Waals surface area contributed by atoms with Crippen LogP contribution >= 0.6 is 0 Å². The number of ether oxygens (including phenoxy) is 3. The summed E-state index contributed by atoms with van der Waals surface area (Å²) in [5.41, 5.74) is 2.80. The third-order valence-corrected chi connectivity index (χ3v) is 4.95. The van der Waals surface area contributed by atoms with E-state index < -0.39 is 0 Å². The lowest BCUT2D eigenvalue weighted by Gasteiger charge is -2.11. The highest BCUT2D eigenvalue weighted by molar-refractivity contribution is 5.95. The third kappa shape index (κ3) is 4.95. The average Bonchev–Trinajstić information content (AvgIpc) is 3.33. The molecule has 1 aromatic heterocycles. The minimum absolute atomic E-state index is 0.125. The standard InChI is InChI=1S/C25H23N3O5/c1-16-8-4-7-11-20(16)32-15-23(29)26-19-10-6-5-9-18(19)25-27-24(28-33-25)17-12-13-21(30-2)22(14-17)31-3/h4-14H,15H2,1-3H3,(H,26,29). The van der Waals surface area contributed by atoms with E-state index >= 15 is 0 Å². The molecular formula is C25H23N3O5. The quantitative estimate of drug-likeness (QED) is 0.418. The molecular weight excluding hydrogens is 422 g/mol. The van der Waals surface area contributed by atoms with Crippen LogP contribution < -0.4 is 19.5 Å². The largest absolute Gasteiger partial charge is 0.493 e. The fourth-order valence-electron chi connectivity index (χ4n) is 3.25. The van der Waals surface area contributed by atoms with Gasteiger partial charge in [0.25, 0.3) is 11.8 Å². The zero-order chi connectivity index (χ0) is 23.2. The van der Waals surface area contributed by atoms with Crippen molar-refractivity contribution in [2.24, 2.45) is 0 Å². The molecule has 1 N–H and O–H groups in total. The molecule has 0 spiro atoms. The molecule has 8 heteroatoms. The summed E-state index contributed by atoms with van der Waals surface area (Å²) in [7, 11) is 3.13. The fourth-order valence-corrected chi connectivity index (χ4v) is 3.25. The Balaban J connectivity index is 1.52. The highest BCUT2D eigenvalue weighted by Crippen LogP contribution is 2.33. The number of aryl methyl sites for hydroxylation is 1. The van der Waals surface area contributed by atoms with Gasteiger partial charge in [0, 0.05) is 5.56 Å². The summed E-state index contributed by atoms with van der Waals surface area (Å²) >= 11 is 0. The number of benzene rings is 3. The van der Waals surface area contributed by atoms with Crippen molar-refractivity contribution in [2.75, 3.05) is 26.1 Å². The van der Waals surface area contributed by atoms with Crippen LogP contribution in [0.3, 0.4) is 0 Å². The van der Waals surface area contributed by atoms with E-state index in [0.717, 1.165) is 5.56 Å². The Hall–Kier alpha value is -4.33. The molecule has 33 heavy (non-hydrogen) atoms. The zero-order valence-electron chi connectivity index (χ0n) is 18.5. The lowest BCUT2D eigenvalue weighted by atomic mass is 10.1. The first-order chi connectivity index (χ1) is 16.1. The summed E-state index contributed by atoms with van der Waals surface area (Å²) < 4.78 is 21.7. The topological polar surface area (TPSA) is 95.7 Å². The summed E-state index contributed by atoms with van der Waals surface area (Å²) in [6, 6.07) is 20.1. The molecule has 1 amide bonds. The van der Waals surface area contributed by atoms with Crippen LogP contribution in [0.5, 0.6) is 17.2 Å². The van der Waals surface area contributed by atoms with Crippen molar-refractivity contribution in [3.05, 3.63) is 72.3 Å². The van der Waals surface area contributed by atoms with E-state index in [1.807, 2.05) is 49.4 Å². The number of carbonyl (C=O) groups excluding carboxylic acids is 1. The molecule has 0 aliphatic carbocycles. The second-order valence-corrected chi connectivity index (χ2v) is 7.14. The third-order valence-electron chi connectivity index (χ3n) is 4.95. The Morgan fingerprint density at radius 2 is 1.70 bits per heavy atom. The van der Waals surface area contributed by atoms with Gasteiger partial charge >= 0.3 is 0 Å². The Morgan fingerprint density at radius 1 is 0.939 bits per heavy atom. The van der Waals surface area contributed by atoms with Crippen LogP contribution in [0.25, 0.3) is 22.8 Å². The molecule has 8 nitrogen and oxygen atoms in total. The summed E-state index contributed by atoms with van der Waals surface area (Å²) in [5, 5.41) is 6.93. The molecule has 0 saturated carbocycles. The first-order valence-corrected chi connectivity index (χ1v) is 10.2. The van der Waals surface area contributed by atoms with E-state index in [2.05, 4.69) is 15.5 Å². The molecule has 168 valence electrons. The van der Waals surface area contributed by atoms with E-state index in [-0.39, 0.29) is 18.4 Å². The van der Waals surface area contributed by atoms with Gasteiger partial charge in [0.15, 0.2) is 18.1 Å². The van der Waals surface area contributed by atoms with Crippen LogP contribution in [0.4, 0.5) is 5.69 Å². The normalized spacial score (nSPS) is 10.5. The first-order valence-electron chi connectivity index (χ1n) is 10.2. The number of anilines is 1. The van der Waals surface area contributed by atoms with Crippen molar-refractivity contribution in [3.8, 4) is 40.1 Å². The summed E-state index contributed by atoms with van der Waals surface area (Å²) in [6.45, 7) is 1.80. The Morgan fingerprint density at radius 3 is 2.48 bits per heavy atom. The lowest BCUT2D eigenvalue weighted by molar-refractivity contribution is -0.118. The molecule has 0 aliphatic rings. The van der Waals surface area contributed by atoms with Crippen LogP contribution in [0.1, 0.15) is 5.56 Å². The Labute approximate surface area is 191 Å². The van der Waals surface area contributed by atoms with Crippen LogP contribution in [-0.4, -0.2) is 36.9 Å². The molecule has 0 fully saturated rings. The number of hydrogen-bond acceptors (Lipinski definition) is 7. The molecule has 0 aliphatic heterocycles. The maximum absolute atomic E-state index is 12.5. The Bertz CT molecular complexity index is 1270. The first kappa shape index (κ1) is 21.9. The number of carbonyl (C=O) groups is 1. The van der Waals surface area contributed by atoms with Crippen molar-refractivity contribution in [3.63, 3.8) is 0 Å². The SMILES string of the molecule is COc1ccc(-c2noc(-c3ccccc3NC(=O)COc3ccccc3C)n2)cc1OC. The van der Waals surface area contributed by atoms with Gasteiger partial charge in [-0.15, -0.1) is 0 Å². The molecule has 1 heterocycles. The number of methoxy groups -OCH3 is 2. The second kappa shape index (κ2) is 9.86. The lowest BCUT2D eigenvalue weighted by Crippen LogP contribution is -2.20. The number of amides is 1. The monoisotopic (exact) mass is 445 g/mol. The van der Waals surface area contributed by atoms with Crippen LogP contribution in [0.2, 0.25) is 0 Å². The number of rotatable bonds is 8. The van der Waals surface area contributed by atoms with E-state index in [0.29, 0.717) is 39.9 Å². The van der Waals surface area contributed by atoms with Crippen molar-refractivity contribution in [2.45, 2.75) is 6.92 Å². The number of nitrogens with one attached hydrogen (secondary N) is 1. The van der Waals surface area contributed by atoms with Gasteiger partial charge in [0.05, 0.1) is 25.5 Å². The van der Waals surface area contributed by atoms with Crippen molar-refractivity contribution in [1.29, 1.82) is 0 Å². The van der Waals surface area contributed by atoms with Gasteiger partial charge in [-0.2, -0.15) is 4.98 Å². The molecule has 0 atom stereocenters. The van der Waals surface area contributed by atoms with Crippen LogP contribution in [-0.2, 0) is 4.79 Å². The van der Waals surface area contributed by atoms with Crippen LogP contribution in [0, 0.1) is 6.92 Å². The molecule has 4 aromatic rings. The molecule has 0 unspecified atom stereocenters. The highest BCUT2D eigenvalue weighted by Gasteiger charge is 2.17. The van der Waals surface area contributed by atoms with E-state index in [4.69, 9.17) is 18.7 Å². The van der Waals surface area contributed by atoms with Crippen molar-refractivity contribution >= 4 is 11.6 Å². The summed E-state index contributed by atoms with van der Waals surface area (Å²) in [6.07, 6.45) is 0. The Kier molecular flexibility index (Phi) is 6.54. The van der Waals surface area contributed by atoms with Gasteiger partial charge in [-0.25, -0.2) is 0 Å². The van der Waals surface area contributed by atoms with E-state index in [1.165, 1.54) is 0 Å². The number of nitrogens with zero attached hydrogens (tertiary/aromatic N) is 2. The minimum Gasteiger partial charge on any atom is -0.493 e. The molecule has 0 saturated heterocycles. The van der Waals surface area contributed by atoms with Gasteiger partial charge in [-0.3, -0.25) is 4.79 Å². The van der Waals surface area contributed by atoms with Gasteiger partial charge in [-0.1, -0.05) is 35.5 Å². The molecule has 0 bridgehead atoms. The predicted molar refractivity (Wildman–Crippen MR) is 124 cm³/mol. The fraction of sp³-hybridized carbons (Fsp3) is 0.160. The molecule has 4 rings (SSSR count). The van der Waals surface area contributed by atoms with Gasteiger partial charge < -0.3 is 24.1 Å². The van der Waals surface area contributed by atoms with Crippen molar-refractivity contribution in [1.82, 2.24) is 10.1 Å². The average molecular weight is 445 g/mol. The number of aromatic nitrogens is 2. The number of hydrogen-bond donors (Lipinski definition) is 1. The van der Waals surface area contributed by atoms with Gasteiger partial charge in [0.1, 0.15) is 5.75 Å². The summed E-state index contributed by atoms with van der Waals surface area (Å²) in [5.74, 6) is 2.18. The van der Waals surface area contributed by atoms with Gasteiger partial charge in [-0.05, 0) is 48.9 Å². The second-order valence-electron chi connectivity index (χ2n) is 7.14. The maximum Gasteiger partial charge on any atom is 0.262 e. The molecule has 0 radical (unpaired) electrons. The predicted octanol–water partition coefficient (Wildman–Crippen LogP) is 4.75. The van der Waals surface area contributed by atoms with E-state index in [1.54, 1.807) is 38.5 Å². The zero-order valence-corrected chi connectivity index (χ0v) is 18.5. The molecule has 3 aromatic carbocycles. The number of para-hydroxylation sites is 2. The minimum atomic E-state index is -0.301. The van der Waals surface area contributed by atoms with Crippen molar-refractivity contribution < 1.29 is 23.5 Å². The smallest absolute Gasteiger partial charge is 0.262 e. The maximum atomic E-state index is 12.5. The van der Waals surface area contributed by atoms with Gasteiger partial charge in [0.2, 0.25) is 5.82 Å². The van der Waals surface area contributed by atoms with Crippen LogP contribution in [0.15, 0.2) is 71.3 Å². The highest BCUT2D eigenvalue weighted by atomic mass is 16.5. The van der Waals surface area contributed by atoms with E-state index in [9.17, 15) is 4.79 Å².